The van der Waals surface area contributed by atoms with Gasteiger partial charge in [0.2, 0.25) is 0 Å². The molecule has 0 spiro atoms. The maximum Gasteiger partial charge on any atom is 0.123 e. The Morgan fingerprint density at radius 1 is 1.36 bits per heavy atom. The van der Waals surface area contributed by atoms with Gasteiger partial charge in [0.1, 0.15) is 5.82 Å². The van der Waals surface area contributed by atoms with Gasteiger partial charge in [0.15, 0.2) is 0 Å². The molecule has 1 aliphatic heterocycles. The first kappa shape index (κ1) is 9.62. The van der Waals surface area contributed by atoms with E-state index in [1.54, 1.807) is 12.1 Å². The van der Waals surface area contributed by atoms with Crippen molar-refractivity contribution in [1.29, 1.82) is 0 Å². The second kappa shape index (κ2) is 4.07. The summed E-state index contributed by atoms with van der Waals surface area (Å²) in [6.45, 7) is 0.791. The fourth-order valence-electron chi connectivity index (χ4n) is 1.79. The quantitative estimate of drug-likeness (QED) is 0.783. The first-order valence-corrected chi connectivity index (χ1v) is 4.90. The first-order valence-electron chi connectivity index (χ1n) is 4.90. The van der Waals surface area contributed by atoms with E-state index < -0.39 is 0 Å². The molecule has 2 nitrogen and oxygen atoms in total. The van der Waals surface area contributed by atoms with Gasteiger partial charge in [0.05, 0.1) is 12.1 Å². The topological polar surface area (TPSA) is 35.2 Å². The number of hydrogen-bond donors (Lipinski definition) is 1. The summed E-state index contributed by atoms with van der Waals surface area (Å²) < 4.78 is 18.1. The van der Waals surface area contributed by atoms with Crippen LogP contribution in [0.25, 0.3) is 0 Å². The third-order valence-corrected chi connectivity index (χ3v) is 2.62. The molecule has 0 bridgehead atoms. The van der Waals surface area contributed by atoms with Crippen molar-refractivity contribution < 1.29 is 9.13 Å². The Kier molecular flexibility index (Phi) is 2.79. The molecule has 1 heterocycles. The zero-order valence-corrected chi connectivity index (χ0v) is 7.95. The third kappa shape index (κ3) is 1.94. The van der Waals surface area contributed by atoms with Gasteiger partial charge in [-0.25, -0.2) is 4.39 Å². The van der Waals surface area contributed by atoms with Gasteiger partial charge < -0.3 is 10.5 Å². The Labute approximate surface area is 82.9 Å². The van der Waals surface area contributed by atoms with E-state index in [0.29, 0.717) is 0 Å². The summed E-state index contributed by atoms with van der Waals surface area (Å²) in [6.07, 6.45) is 2.17. The lowest BCUT2D eigenvalue weighted by Gasteiger charge is -2.18. The molecule has 1 aromatic carbocycles. The summed E-state index contributed by atoms with van der Waals surface area (Å²) in [7, 11) is 0. The Morgan fingerprint density at radius 3 is 2.64 bits per heavy atom. The zero-order valence-electron chi connectivity index (χ0n) is 7.95. The van der Waals surface area contributed by atoms with Crippen molar-refractivity contribution in [2.75, 3.05) is 6.61 Å². The van der Waals surface area contributed by atoms with Crippen LogP contribution in [0.1, 0.15) is 24.4 Å². The van der Waals surface area contributed by atoms with Crippen LogP contribution in [0, 0.1) is 5.82 Å². The van der Waals surface area contributed by atoms with Crippen molar-refractivity contribution in [3.63, 3.8) is 0 Å². The number of hydrogen-bond acceptors (Lipinski definition) is 2. The van der Waals surface area contributed by atoms with E-state index in [-0.39, 0.29) is 18.0 Å². The molecule has 0 aliphatic carbocycles. The average molecular weight is 195 g/mol. The third-order valence-electron chi connectivity index (χ3n) is 2.62. The van der Waals surface area contributed by atoms with Crippen LogP contribution in [0.4, 0.5) is 4.39 Å². The maximum absolute atomic E-state index is 12.7. The largest absolute Gasteiger partial charge is 0.376 e. The smallest absolute Gasteiger partial charge is 0.123 e. The van der Waals surface area contributed by atoms with Crippen LogP contribution in [0.2, 0.25) is 0 Å². The predicted molar refractivity (Wildman–Crippen MR) is 52.3 cm³/mol. The SMILES string of the molecule is N[C@@H](c1ccc(F)cc1)[C@@H]1CCCO1. The van der Waals surface area contributed by atoms with E-state index in [4.69, 9.17) is 10.5 Å². The standard InChI is InChI=1S/C11H14FNO/c12-9-5-3-8(4-6-9)11(13)10-2-1-7-14-10/h3-6,10-11H,1-2,7,13H2/t10-,11-/m0/s1. The second-order valence-electron chi connectivity index (χ2n) is 3.63. The van der Waals surface area contributed by atoms with E-state index in [9.17, 15) is 4.39 Å². The van der Waals surface area contributed by atoms with Gasteiger partial charge in [-0.2, -0.15) is 0 Å². The molecule has 1 aliphatic rings. The Balaban J connectivity index is 2.09. The highest BCUT2D eigenvalue weighted by molar-refractivity contribution is 5.20. The summed E-state index contributed by atoms with van der Waals surface area (Å²) in [4.78, 5) is 0. The molecule has 2 N–H and O–H groups in total. The number of halogens is 1. The molecule has 0 unspecified atom stereocenters. The highest BCUT2D eigenvalue weighted by Gasteiger charge is 2.23. The Bertz CT molecular complexity index is 293. The van der Waals surface area contributed by atoms with Gasteiger partial charge in [-0.3, -0.25) is 0 Å². The van der Waals surface area contributed by atoms with E-state index in [2.05, 4.69) is 0 Å². The van der Waals surface area contributed by atoms with Crippen LogP contribution < -0.4 is 5.73 Å². The summed E-state index contributed by atoms with van der Waals surface area (Å²) in [6, 6.07) is 6.19. The summed E-state index contributed by atoms with van der Waals surface area (Å²) in [5.74, 6) is -0.228. The minimum Gasteiger partial charge on any atom is -0.376 e. The van der Waals surface area contributed by atoms with Crippen molar-refractivity contribution in [3.05, 3.63) is 35.6 Å². The number of benzene rings is 1. The normalized spacial score (nSPS) is 23.7. The Morgan fingerprint density at radius 2 is 2.07 bits per heavy atom. The fraction of sp³-hybridized carbons (Fsp3) is 0.455. The molecular formula is C11H14FNO. The summed E-state index contributed by atoms with van der Waals surface area (Å²) in [5.41, 5.74) is 6.95. The van der Waals surface area contributed by atoms with Crippen LogP contribution >= 0.6 is 0 Å². The molecule has 0 radical (unpaired) electrons. The molecular weight excluding hydrogens is 181 g/mol. The van der Waals surface area contributed by atoms with Crippen molar-refractivity contribution >= 4 is 0 Å². The van der Waals surface area contributed by atoms with Gasteiger partial charge in [-0.1, -0.05) is 12.1 Å². The van der Waals surface area contributed by atoms with E-state index in [1.807, 2.05) is 0 Å². The average Bonchev–Trinajstić information content (AvgIpc) is 2.71. The van der Waals surface area contributed by atoms with Gasteiger partial charge in [0.25, 0.3) is 0 Å². The predicted octanol–water partition coefficient (Wildman–Crippen LogP) is 2.00. The molecule has 0 aromatic heterocycles. The molecule has 2 rings (SSSR count). The van der Waals surface area contributed by atoms with Crippen molar-refractivity contribution in [2.24, 2.45) is 5.73 Å². The highest BCUT2D eigenvalue weighted by atomic mass is 19.1. The molecule has 14 heavy (non-hydrogen) atoms. The van der Waals surface area contributed by atoms with Crippen LogP contribution in [0.3, 0.4) is 0 Å². The van der Waals surface area contributed by atoms with Gasteiger partial charge in [-0.05, 0) is 30.5 Å². The van der Waals surface area contributed by atoms with Crippen molar-refractivity contribution in [2.45, 2.75) is 25.0 Å². The first-order chi connectivity index (χ1) is 6.77. The van der Waals surface area contributed by atoms with Gasteiger partial charge >= 0.3 is 0 Å². The second-order valence-corrected chi connectivity index (χ2v) is 3.63. The number of rotatable bonds is 2. The molecule has 3 heteroatoms. The molecule has 1 aromatic rings. The maximum atomic E-state index is 12.7. The lowest BCUT2D eigenvalue weighted by molar-refractivity contribution is 0.0900. The summed E-state index contributed by atoms with van der Waals surface area (Å²) >= 11 is 0. The fourth-order valence-corrected chi connectivity index (χ4v) is 1.79. The molecule has 0 saturated carbocycles. The molecule has 1 fully saturated rings. The van der Waals surface area contributed by atoms with Crippen molar-refractivity contribution in [3.8, 4) is 0 Å². The zero-order chi connectivity index (χ0) is 9.97. The monoisotopic (exact) mass is 195 g/mol. The van der Waals surface area contributed by atoms with Crippen LogP contribution in [-0.4, -0.2) is 12.7 Å². The van der Waals surface area contributed by atoms with Crippen LogP contribution in [-0.2, 0) is 4.74 Å². The van der Waals surface area contributed by atoms with Crippen molar-refractivity contribution in [1.82, 2.24) is 0 Å². The van der Waals surface area contributed by atoms with E-state index >= 15 is 0 Å². The molecule has 1 saturated heterocycles. The summed E-state index contributed by atoms with van der Waals surface area (Å²) in [5, 5.41) is 0. The molecule has 2 atom stereocenters. The number of nitrogens with two attached hydrogens (primary N) is 1. The van der Waals surface area contributed by atoms with Crippen LogP contribution in [0.5, 0.6) is 0 Å². The van der Waals surface area contributed by atoms with E-state index in [1.165, 1.54) is 12.1 Å². The highest BCUT2D eigenvalue weighted by Crippen LogP contribution is 2.24. The molecule has 76 valence electrons. The Hall–Kier alpha value is -0.930. The van der Waals surface area contributed by atoms with Gasteiger partial charge in [-0.15, -0.1) is 0 Å². The lowest BCUT2D eigenvalue weighted by Crippen LogP contribution is -2.25. The number of ether oxygens (including phenoxy) is 1. The lowest BCUT2D eigenvalue weighted by atomic mass is 10.0. The minimum absolute atomic E-state index is 0.0976. The van der Waals surface area contributed by atoms with E-state index in [0.717, 1.165) is 25.0 Å². The van der Waals surface area contributed by atoms with Crippen LogP contribution in [0.15, 0.2) is 24.3 Å². The minimum atomic E-state index is -0.228. The molecule has 0 amide bonds. The van der Waals surface area contributed by atoms with Gasteiger partial charge in [0, 0.05) is 6.61 Å².